The lowest BCUT2D eigenvalue weighted by atomic mass is 10.1. The van der Waals surface area contributed by atoms with Gasteiger partial charge in [0.25, 0.3) is 5.91 Å². The van der Waals surface area contributed by atoms with E-state index in [1.165, 1.54) is 20.4 Å². The van der Waals surface area contributed by atoms with Crippen molar-refractivity contribution < 1.29 is 19.0 Å². The van der Waals surface area contributed by atoms with E-state index < -0.39 is 0 Å². The average Bonchev–Trinajstić information content (AvgIpc) is 2.87. The molecule has 0 saturated carbocycles. The van der Waals surface area contributed by atoms with Crippen LogP contribution >= 0.6 is 11.6 Å². The summed E-state index contributed by atoms with van der Waals surface area (Å²) < 4.78 is 16.7. The standard InChI is InChI=1S/C27H23ClN2O4/c1-32-24-15-21-11-7-6-10-20(21)14-22(24)27(31)30-29-16-19-12-23(28)26(25(13-19)33-2)34-17-18-8-4-3-5-9-18/h3-16H,17H2,1-2H3,(H,30,31). The van der Waals surface area contributed by atoms with Gasteiger partial charge in [0, 0.05) is 0 Å². The van der Waals surface area contributed by atoms with E-state index in [-0.39, 0.29) is 5.91 Å². The topological polar surface area (TPSA) is 69.2 Å². The molecule has 6 nitrogen and oxygen atoms in total. The largest absolute Gasteiger partial charge is 0.496 e. The highest BCUT2D eigenvalue weighted by molar-refractivity contribution is 6.32. The summed E-state index contributed by atoms with van der Waals surface area (Å²) in [7, 11) is 3.07. The van der Waals surface area contributed by atoms with Gasteiger partial charge in [0.2, 0.25) is 0 Å². The molecular formula is C27H23ClN2O4. The first-order valence-electron chi connectivity index (χ1n) is 10.5. The van der Waals surface area contributed by atoms with Crippen molar-refractivity contribution in [1.29, 1.82) is 0 Å². The Bertz CT molecular complexity index is 1340. The van der Waals surface area contributed by atoms with E-state index in [2.05, 4.69) is 10.5 Å². The van der Waals surface area contributed by atoms with E-state index in [1.54, 1.807) is 18.2 Å². The van der Waals surface area contributed by atoms with Crippen molar-refractivity contribution >= 4 is 34.5 Å². The maximum atomic E-state index is 12.7. The molecule has 34 heavy (non-hydrogen) atoms. The predicted octanol–water partition coefficient (Wildman–Crippen LogP) is 5.85. The second kappa shape index (κ2) is 10.7. The molecule has 4 aromatic carbocycles. The summed E-state index contributed by atoms with van der Waals surface area (Å²) in [5, 5.41) is 6.37. The zero-order valence-corrected chi connectivity index (χ0v) is 19.5. The third-order valence-corrected chi connectivity index (χ3v) is 5.45. The van der Waals surface area contributed by atoms with Crippen molar-refractivity contribution in [3.63, 3.8) is 0 Å². The second-order valence-corrected chi connectivity index (χ2v) is 7.81. The fourth-order valence-electron chi connectivity index (χ4n) is 3.48. The highest BCUT2D eigenvalue weighted by atomic mass is 35.5. The van der Waals surface area contributed by atoms with Gasteiger partial charge < -0.3 is 14.2 Å². The molecule has 0 saturated heterocycles. The second-order valence-electron chi connectivity index (χ2n) is 7.41. The molecule has 0 unspecified atom stereocenters. The van der Waals surface area contributed by atoms with Crippen molar-refractivity contribution in [2.45, 2.75) is 6.61 Å². The van der Waals surface area contributed by atoms with Crippen LogP contribution in [0.5, 0.6) is 17.2 Å². The molecule has 7 heteroatoms. The summed E-state index contributed by atoms with van der Waals surface area (Å²) in [5.41, 5.74) is 4.58. The van der Waals surface area contributed by atoms with Crippen LogP contribution in [0.4, 0.5) is 0 Å². The Labute approximate surface area is 202 Å². The number of halogens is 1. The summed E-state index contributed by atoms with van der Waals surface area (Å²) in [6, 6.07) is 24.5. The van der Waals surface area contributed by atoms with Crippen molar-refractivity contribution in [3.8, 4) is 17.2 Å². The molecular weight excluding hydrogens is 452 g/mol. The smallest absolute Gasteiger partial charge is 0.275 e. The Hall–Kier alpha value is -4.03. The number of carbonyl (C=O) groups excluding carboxylic acids is 1. The summed E-state index contributed by atoms with van der Waals surface area (Å²) in [5.74, 6) is 0.985. The monoisotopic (exact) mass is 474 g/mol. The molecule has 1 amide bonds. The van der Waals surface area contributed by atoms with E-state index in [1.807, 2.05) is 60.7 Å². The first-order chi connectivity index (χ1) is 16.6. The molecule has 0 heterocycles. The van der Waals surface area contributed by atoms with Gasteiger partial charge in [-0.2, -0.15) is 5.10 Å². The number of nitrogens with zero attached hydrogens (tertiary/aromatic N) is 1. The number of fused-ring (bicyclic) bond motifs is 1. The van der Waals surface area contributed by atoms with Crippen LogP contribution in [0.1, 0.15) is 21.5 Å². The SMILES string of the molecule is COc1cc2ccccc2cc1C(=O)NN=Cc1cc(Cl)c(OCc2ccccc2)c(OC)c1. The number of rotatable bonds is 8. The maximum Gasteiger partial charge on any atom is 0.275 e. The Balaban J connectivity index is 1.49. The number of carbonyl (C=O) groups is 1. The van der Waals surface area contributed by atoms with Gasteiger partial charge >= 0.3 is 0 Å². The van der Waals surface area contributed by atoms with Crippen molar-refractivity contribution in [2.24, 2.45) is 5.10 Å². The van der Waals surface area contributed by atoms with Crippen LogP contribution in [0.3, 0.4) is 0 Å². The lowest BCUT2D eigenvalue weighted by Crippen LogP contribution is -2.18. The highest BCUT2D eigenvalue weighted by Crippen LogP contribution is 2.36. The molecule has 0 aliphatic carbocycles. The number of hydrogen-bond acceptors (Lipinski definition) is 5. The molecule has 0 bridgehead atoms. The minimum atomic E-state index is -0.389. The maximum absolute atomic E-state index is 12.7. The van der Waals surface area contributed by atoms with Gasteiger partial charge in [0.05, 0.1) is 31.0 Å². The number of hydrogen-bond donors (Lipinski definition) is 1. The summed E-state index contributed by atoms with van der Waals surface area (Å²) >= 11 is 6.44. The summed E-state index contributed by atoms with van der Waals surface area (Å²) in [6.45, 7) is 0.355. The van der Waals surface area contributed by atoms with Gasteiger partial charge in [-0.3, -0.25) is 4.79 Å². The number of methoxy groups -OCH3 is 2. The number of benzene rings is 4. The lowest BCUT2D eigenvalue weighted by molar-refractivity contribution is 0.0952. The molecule has 172 valence electrons. The minimum Gasteiger partial charge on any atom is -0.496 e. The Morgan fingerprint density at radius 3 is 2.29 bits per heavy atom. The number of ether oxygens (including phenoxy) is 3. The summed E-state index contributed by atoms with van der Waals surface area (Å²) in [4.78, 5) is 12.7. The van der Waals surface area contributed by atoms with Gasteiger partial charge in [0.15, 0.2) is 11.5 Å². The fourth-order valence-corrected chi connectivity index (χ4v) is 3.75. The molecule has 4 rings (SSSR count). The highest BCUT2D eigenvalue weighted by Gasteiger charge is 2.14. The van der Waals surface area contributed by atoms with Crippen molar-refractivity contribution in [3.05, 3.63) is 101 Å². The Kier molecular flexibility index (Phi) is 7.30. The average molecular weight is 475 g/mol. The molecule has 0 aliphatic heterocycles. The molecule has 4 aromatic rings. The van der Waals surface area contributed by atoms with Crippen molar-refractivity contribution in [1.82, 2.24) is 5.43 Å². The van der Waals surface area contributed by atoms with Gasteiger partial charge in [-0.1, -0.05) is 66.2 Å². The zero-order chi connectivity index (χ0) is 23.9. The first-order valence-corrected chi connectivity index (χ1v) is 10.9. The van der Waals surface area contributed by atoms with Crippen LogP contribution in [-0.4, -0.2) is 26.3 Å². The van der Waals surface area contributed by atoms with Crippen LogP contribution in [0, 0.1) is 0 Å². The van der Waals surface area contributed by atoms with Crippen LogP contribution < -0.4 is 19.6 Å². The Morgan fingerprint density at radius 2 is 1.59 bits per heavy atom. The van der Waals surface area contributed by atoms with Crippen LogP contribution in [0.15, 0.2) is 84.0 Å². The molecule has 0 spiro atoms. The number of amides is 1. The molecule has 1 N–H and O–H groups in total. The van der Waals surface area contributed by atoms with Crippen LogP contribution in [0.2, 0.25) is 5.02 Å². The zero-order valence-electron chi connectivity index (χ0n) is 18.7. The number of hydrazone groups is 1. The normalized spacial score (nSPS) is 10.9. The Morgan fingerprint density at radius 1 is 0.912 bits per heavy atom. The fraction of sp³-hybridized carbons (Fsp3) is 0.111. The predicted molar refractivity (Wildman–Crippen MR) is 134 cm³/mol. The molecule has 0 fully saturated rings. The van der Waals surface area contributed by atoms with Gasteiger partial charge in [-0.15, -0.1) is 0 Å². The van der Waals surface area contributed by atoms with E-state index >= 15 is 0 Å². The quantitative estimate of drug-likeness (QED) is 0.257. The van der Waals surface area contributed by atoms with Gasteiger partial charge in [0.1, 0.15) is 12.4 Å². The van der Waals surface area contributed by atoms with E-state index in [4.69, 9.17) is 25.8 Å². The first kappa shape index (κ1) is 23.1. The molecule has 0 radical (unpaired) electrons. The van der Waals surface area contributed by atoms with E-state index in [0.717, 1.165) is 16.3 Å². The van der Waals surface area contributed by atoms with Crippen LogP contribution in [-0.2, 0) is 6.61 Å². The van der Waals surface area contributed by atoms with Gasteiger partial charge in [-0.05, 0) is 46.2 Å². The molecule has 0 atom stereocenters. The summed E-state index contributed by atoms with van der Waals surface area (Å²) in [6.07, 6.45) is 1.49. The minimum absolute atomic E-state index is 0.355. The third-order valence-electron chi connectivity index (χ3n) is 5.17. The van der Waals surface area contributed by atoms with Crippen LogP contribution in [0.25, 0.3) is 10.8 Å². The van der Waals surface area contributed by atoms with E-state index in [9.17, 15) is 4.79 Å². The number of nitrogens with one attached hydrogen (secondary N) is 1. The van der Waals surface area contributed by atoms with Gasteiger partial charge in [-0.25, -0.2) is 5.43 Å². The van der Waals surface area contributed by atoms with Crippen molar-refractivity contribution in [2.75, 3.05) is 14.2 Å². The van der Waals surface area contributed by atoms with E-state index in [0.29, 0.717) is 40.0 Å². The third kappa shape index (κ3) is 5.30. The molecule has 0 aromatic heterocycles. The lowest BCUT2D eigenvalue weighted by Gasteiger charge is -2.13. The molecule has 0 aliphatic rings.